The second-order valence-electron chi connectivity index (χ2n) is 11.7. The van der Waals surface area contributed by atoms with Gasteiger partial charge < -0.3 is 10.6 Å². The molecule has 2 saturated carbocycles. The molecule has 1 aliphatic heterocycles. The Morgan fingerprint density at radius 3 is 2.41 bits per heavy atom. The van der Waals surface area contributed by atoms with E-state index in [9.17, 15) is 9.59 Å². The second kappa shape index (κ2) is 11.8. The summed E-state index contributed by atoms with van der Waals surface area (Å²) >= 11 is 12.7. The maximum Gasteiger partial charge on any atom is 0.238 e. The van der Waals surface area contributed by atoms with Crippen LogP contribution in [0.5, 0.6) is 0 Å². The summed E-state index contributed by atoms with van der Waals surface area (Å²) in [5.74, 6) is -1.18. The number of nitrogens with one attached hydrogen (secondary N) is 3. The van der Waals surface area contributed by atoms with Gasteiger partial charge in [-0.3, -0.25) is 14.9 Å². The second-order valence-corrected chi connectivity index (χ2v) is 12.6. The van der Waals surface area contributed by atoms with Crippen molar-refractivity contribution in [1.29, 1.82) is 0 Å². The van der Waals surface area contributed by atoms with Crippen LogP contribution in [-0.2, 0) is 15.0 Å². The van der Waals surface area contributed by atoms with Gasteiger partial charge >= 0.3 is 0 Å². The summed E-state index contributed by atoms with van der Waals surface area (Å²) in [4.78, 5) is 25.9. The summed E-state index contributed by atoms with van der Waals surface area (Å²) in [6.45, 7) is 2.13. The molecule has 3 atom stereocenters. The Kier molecular flexibility index (Phi) is 8.56. The predicted molar refractivity (Wildman–Crippen MR) is 155 cm³/mol. The third-order valence-corrected chi connectivity index (χ3v) is 10.2. The van der Waals surface area contributed by atoms with Crippen LogP contribution < -0.4 is 16.0 Å². The molecular weight excluding hydrogens is 536 g/mol. The number of benzene rings is 2. The van der Waals surface area contributed by atoms with Crippen molar-refractivity contribution in [2.24, 2.45) is 0 Å². The number of halogens is 3. The van der Waals surface area contributed by atoms with Gasteiger partial charge in [0.25, 0.3) is 0 Å². The van der Waals surface area contributed by atoms with Crippen LogP contribution in [0.15, 0.2) is 36.4 Å². The molecule has 210 valence electrons. The van der Waals surface area contributed by atoms with Crippen molar-refractivity contribution in [3.63, 3.8) is 0 Å². The SMILES string of the molecule is CC1(c2ccc(Cl)cc2NC=O)C(c2cccc(Cl)c2F)C(C(=O)NC2CCCCC2)NC12CCCCCC2. The van der Waals surface area contributed by atoms with Crippen molar-refractivity contribution in [2.75, 3.05) is 5.32 Å². The molecule has 5 nitrogen and oxygen atoms in total. The Morgan fingerprint density at radius 1 is 1.03 bits per heavy atom. The molecule has 3 N–H and O–H groups in total. The average molecular weight is 575 g/mol. The Labute approximate surface area is 240 Å². The lowest BCUT2D eigenvalue weighted by molar-refractivity contribution is -0.124. The topological polar surface area (TPSA) is 70.2 Å². The van der Waals surface area contributed by atoms with Gasteiger partial charge in [0.05, 0.1) is 11.1 Å². The normalized spacial score (nSPS) is 27.2. The molecule has 2 aromatic rings. The van der Waals surface area contributed by atoms with Gasteiger partial charge in [-0.05, 0) is 55.0 Å². The molecule has 0 radical (unpaired) electrons. The molecule has 0 aromatic heterocycles. The third-order valence-electron chi connectivity index (χ3n) is 9.64. The predicted octanol–water partition coefficient (Wildman–Crippen LogP) is 7.26. The summed E-state index contributed by atoms with van der Waals surface area (Å²) in [5, 5.41) is 10.5. The average Bonchev–Trinajstić information content (AvgIpc) is 3.04. The summed E-state index contributed by atoms with van der Waals surface area (Å²) in [6.07, 6.45) is 11.8. The molecule has 8 heteroatoms. The highest BCUT2D eigenvalue weighted by Crippen LogP contribution is 2.59. The molecule has 1 heterocycles. The van der Waals surface area contributed by atoms with E-state index in [0.29, 0.717) is 22.7 Å². The minimum atomic E-state index is -0.770. The van der Waals surface area contributed by atoms with E-state index in [-0.39, 0.29) is 17.0 Å². The van der Waals surface area contributed by atoms with E-state index >= 15 is 4.39 Å². The molecule has 1 saturated heterocycles. The van der Waals surface area contributed by atoms with E-state index in [1.54, 1.807) is 24.3 Å². The van der Waals surface area contributed by atoms with Gasteiger partial charge in [-0.15, -0.1) is 0 Å². The maximum absolute atomic E-state index is 16.0. The van der Waals surface area contributed by atoms with E-state index in [1.165, 1.54) is 6.42 Å². The van der Waals surface area contributed by atoms with Gasteiger partial charge in [-0.2, -0.15) is 0 Å². The van der Waals surface area contributed by atoms with E-state index in [0.717, 1.165) is 69.8 Å². The number of hydrogen-bond acceptors (Lipinski definition) is 3. The zero-order chi connectivity index (χ0) is 27.6. The van der Waals surface area contributed by atoms with E-state index in [2.05, 4.69) is 22.9 Å². The van der Waals surface area contributed by atoms with Crippen molar-refractivity contribution >= 4 is 41.2 Å². The van der Waals surface area contributed by atoms with Crippen LogP contribution in [0.2, 0.25) is 10.0 Å². The van der Waals surface area contributed by atoms with Gasteiger partial charge in [-0.1, -0.05) is 93.3 Å². The zero-order valence-electron chi connectivity index (χ0n) is 22.5. The van der Waals surface area contributed by atoms with Crippen LogP contribution in [0.25, 0.3) is 0 Å². The van der Waals surface area contributed by atoms with Gasteiger partial charge in [0.15, 0.2) is 0 Å². The molecule has 3 unspecified atom stereocenters. The fourth-order valence-corrected chi connectivity index (χ4v) is 8.10. The number of amides is 2. The lowest BCUT2D eigenvalue weighted by Crippen LogP contribution is -2.55. The van der Waals surface area contributed by atoms with Crippen molar-refractivity contribution < 1.29 is 14.0 Å². The van der Waals surface area contributed by atoms with E-state index in [4.69, 9.17) is 23.2 Å². The molecule has 2 aliphatic carbocycles. The fourth-order valence-electron chi connectivity index (χ4n) is 7.74. The van der Waals surface area contributed by atoms with Crippen molar-refractivity contribution in [1.82, 2.24) is 10.6 Å². The molecule has 3 fully saturated rings. The van der Waals surface area contributed by atoms with Crippen molar-refractivity contribution in [2.45, 2.75) is 107 Å². The van der Waals surface area contributed by atoms with Crippen molar-refractivity contribution in [3.8, 4) is 0 Å². The van der Waals surface area contributed by atoms with Crippen LogP contribution in [-0.4, -0.2) is 29.9 Å². The first-order valence-corrected chi connectivity index (χ1v) is 15.1. The first kappa shape index (κ1) is 28.4. The number of carbonyl (C=O) groups is 2. The summed E-state index contributed by atoms with van der Waals surface area (Å²) in [6, 6.07) is 9.97. The minimum absolute atomic E-state index is 0.0328. The summed E-state index contributed by atoms with van der Waals surface area (Å²) in [7, 11) is 0. The Morgan fingerprint density at radius 2 is 1.72 bits per heavy atom. The Bertz CT molecular complexity index is 1210. The Balaban J connectivity index is 1.72. The fraction of sp³-hybridized carbons (Fsp3) is 0.548. The zero-order valence-corrected chi connectivity index (χ0v) is 24.0. The van der Waals surface area contributed by atoms with Gasteiger partial charge in [0.2, 0.25) is 12.3 Å². The molecule has 0 bridgehead atoms. The standard InChI is InChI=1S/C31H38Cl2FN3O2/c1-30(23-15-14-20(32)18-25(23)35-19-38)26(22-12-9-13-24(33)27(22)34)28(29(39)36-21-10-5-4-6-11-21)37-31(30)16-7-2-3-8-17-31/h9,12-15,18-19,21,26,28,37H,2-8,10-11,16-17H2,1H3,(H,35,38)(H,36,39). The van der Waals surface area contributed by atoms with Crippen molar-refractivity contribution in [3.05, 3.63) is 63.4 Å². The van der Waals surface area contributed by atoms with E-state index < -0.39 is 28.7 Å². The first-order valence-electron chi connectivity index (χ1n) is 14.3. The minimum Gasteiger partial charge on any atom is -0.352 e. The number of anilines is 1. The molecule has 2 amide bonds. The molecule has 3 aliphatic rings. The van der Waals surface area contributed by atoms with Crippen LogP contribution in [0, 0.1) is 5.82 Å². The molecule has 39 heavy (non-hydrogen) atoms. The highest BCUT2D eigenvalue weighted by Gasteiger charge is 2.64. The first-order chi connectivity index (χ1) is 18.8. The highest BCUT2D eigenvalue weighted by molar-refractivity contribution is 6.31. The van der Waals surface area contributed by atoms with Gasteiger partial charge in [0.1, 0.15) is 5.82 Å². The number of hydrogen-bond donors (Lipinski definition) is 3. The molecule has 5 rings (SSSR count). The lowest BCUT2D eigenvalue weighted by atomic mass is 9.57. The van der Waals surface area contributed by atoms with Gasteiger partial charge in [-0.25, -0.2) is 4.39 Å². The number of carbonyl (C=O) groups excluding carboxylic acids is 2. The van der Waals surface area contributed by atoms with E-state index in [1.807, 2.05) is 12.1 Å². The molecule has 1 spiro atoms. The van der Waals surface area contributed by atoms with Crippen LogP contribution in [0.4, 0.5) is 10.1 Å². The number of rotatable bonds is 6. The van der Waals surface area contributed by atoms with Gasteiger partial charge in [0, 0.05) is 33.6 Å². The third kappa shape index (κ3) is 5.20. The molecule has 2 aromatic carbocycles. The largest absolute Gasteiger partial charge is 0.352 e. The van der Waals surface area contributed by atoms with Crippen LogP contribution in [0.3, 0.4) is 0 Å². The van der Waals surface area contributed by atoms with Crippen LogP contribution in [0.1, 0.15) is 94.6 Å². The quantitative estimate of drug-likeness (QED) is 0.318. The molecular formula is C31H38Cl2FN3O2. The lowest BCUT2D eigenvalue weighted by Gasteiger charge is -2.47. The maximum atomic E-state index is 16.0. The highest BCUT2D eigenvalue weighted by atomic mass is 35.5. The smallest absolute Gasteiger partial charge is 0.238 e. The monoisotopic (exact) mass is 573 g/mol. The summed E-state index contributed by atoms with van der Waals surface area (Å²) < 4.78 is 16.0. The Hall–Kier alpha value is -2.15. The van der Waals surface area contributed by atoms with Crippen LogP contribution >= 0.6 is 23.2 Å². The summed E-state index contributed by atoms with van der Waals surface area (Å²) in [5.41, 5.74) is 0.546.